The minimum atomic E-state index is -4.41. The number of anilines is 1. The average molecular weight is 350 g/mol. The summed E-state index contributed by atoms with van der Waals surface area (Å²) >= 11 is 2.89. The molecule has 2 rings (SSSR count). The lowest BCUT2D eigenvalue weighted by molar-refractivity contribution is -0.138. The molecule has 0 saturated heterocycles. The van der Waals surface area contributed by atoms with Crippen molar-refractivity contribution >= 4 is 21.6 Å². The number of nitrogens with one attached hydrogen (secondary N) is 1. The van der Waals surface area contributed by atoms with Crippen molar-refractivity contribution in [2.45, 2.75) is 26.1 Å². The third-order valence-electron chi connectivity index (χ3n) is 2.54. The Kier molecular flexibility index (Phi) is 4.32. The van der Waals surface area contributed by atoms with E-state index < -0.39 is 11.7 Å². The Hall–Kier alpha value is -1.57. The van der Waals surface area contributed by atoms with Crippen LogP contribution in [0.2, 0.25) is 0 Å². The van der Waals surface area contributed by atoms with Gasteiger partial charge in [-0.15, -0.1) is 0 Å². The van der Waals surface area contributed by atoms with Gasteiger partial charge in [0.15, 0.2) is 5.82 Å². The van der Waals surface area contributed by atoms with Crippen LogP contribution >= 0.6 is 15.9 Å². The van der Waals surface area contributed by atoms with E-state index in [-0.39, 0.29) is 11.0 Å². The minimum absolute atomic E-state index is 0.00149. The molecular formula is C12H11BrF3N3O. The summed E-state index contributed by atoms with van der Waals surface area (Å²) in [4.78, 5) is 4.06. The lowest BCUT2D eigenvalue weighted by Gasteiger charge is -2.11. The Morgan fingerprint density at radius 3 is 2.70 bits per heavy atom. The second-order valence-electron chi connectivity index (χ2n) is 4.00. The standard InChI is InChI=1S/C12H11BrF3N3O/c1-2-10-18-11(20-19-10)6-17-7-3-4-9(13)8(5-7)12(14,15)16/h3-5,17H,2,6H2,1H3. The van der Waals surface area contributed by atoms with E-state index in [4.69, 9.17) is 4.52 Å². The van der Waals surface area contributed by atoms with Crippen LogP contribution in [0.3, 0.4) is 0 Å². The van der Waals surface area contributed by atoms with Gasteiger partial charge in [-0.25, -0.2) is 0 Å². The highest BCUT2D eigenvalue weighted by Crippen LogP contribution is 2.36. The topological polar surface area (TPSA) is 51.0 Å². The predicted molar refractivity (Wildman–Crippen MR) is 70.1 cm³/mol. The molecule has 4 nitrogen and oxygen atoms in total. The maximum absolute atomic E-state index is 12.7. The summed E-state index contributed by atoms with van der Waals surface area (Å²) in [5.41, 5.74) is -0.404. The number of alkyl halides is 3. The second kappa shape index (κ2) is 5.82. The molecule has 1 aromatic carbocycles. The van der Waals surface area contributed by atoms with Crippen LogP contribution in [-0.4, -0.2) is 10.1 Å². The number of hydrogen-bond acceptors (Lipinski definition) is 4. The van der Waals surface area contributed by atoms with E-state index in [0.29, 0.717) is 23.8 Å². The number of nitrogens with zero attached hydrogens (tertiary/aromatic N) is 2. The monoisotopic (exact) mass is 349 g/mol. The molecule has 0 saturated carbocycles. The zero-order chi connectivity index (χ0) is 14.8. The number of aromatic nitrogens is 2. The quantitative estimate of drug-likeness (QED) is 0.905. The molecule has 108 valence electrons. The summed E-state index contributed by atoms with van der Waals surface area (Å²) in [6.45, 7) is 2.05. The Morgan fingerprint density at radius 1 is 1.35 bits per heavy atom. The summed E-state index contributed by atoms with van der Waals surface area (Å²) in [5.74, 6) is 0.895. The molecule has 1 N–H and O–H groups in total. The average Bonchev–Trinajstić information content (AvgIpc) is 2.84. The van der Waals surface area contributed by atoms with Gasteiger partial charge in [0.1, 0.15) is 0 Å². The van der Waals surface area contributed by atoms with Gasteiger partial charge in [0.2, 0.25) is 5.89 Å². The first-order valence-electron chi connectivity index (χ1n) is 5.82. The lowest BCUT2D eigenvalue weighted by Crippen LogP contribution is -2.07. The fourth-order valence-electron chi connectivity index (χ4n) is 1.54. The van der Waals surface area contributed by atoms with Crippen LogP contribution in [0.4, 0.5) is 18.9 Å². The van der Waals surface area contributed by atoms with Crippen molar-refractivity contribution in [2.24, 2.45) is 0 Å². The van der Waals surface area contributed by atoms with Crippen LogP contribution < -0.4 is 5.32 Å². The molecule has 0 aliphatic carbocycles. The van der Waals surface area contributed by atoms with Crippen LogP contribution in [0, 0.1) is 0 Å². The minimum Gasteiger partial charge on any atom is -0.376 e. The van der Waals surface area contributed by atoms with Crippen LogP contribution in [0.5, 0.6) is 0 Å². The summed E-state index contributed by atoms with van der Waals surface area (Å²) in [5, 5.41) is 6.53. The molecule has 0 radical (unpaired) electrons. The van der Waals surface area contributed by atoms with Crippen molar-refractivity contribution in [1.29, 1.82) is 0 Å². The van der Waals surface area contributed by atoms with Gasteiger partial charge in [-0.1, -0.05) is 28.0 Å². The first-order valence-corrected chi connectivity index (χ1v) is 6.61. The lowest BCUT2D eigenvalue weighted by atomic mass is 10.2. The number of benzene rings is 1. The Bertz CT molecular complexity index is 598. The van der Waals surface area contributed by atoms with Crippen LogP contribution in [0.25, 0.3) is 0 Å². The van der Waals surface area contributed by atoms with Crippen molar-refractivity contribution in [3.05, 3.63) is 40.0 Å². The van der Waals surface area contributed by atoms with E-state index >= 15 is 0 Å². The largest absolute Gasteiger partial charge is 0.417 e. The first kappa shape index (κ1) is 14.8. The Balaban J connectivity index is 2.10. The number of rotatable bonds is 4. The maximum Gasteiger partial charge on any atom is 0.417 e. The molecule has 0 amide bonds. The van der Waals surface area contributed by atoms with Crippen molar-refractivity contribution < 1.29 is 17.7 Å². The number of halogens is 4. The van der Waals surface area contributed by atoms with E-state index in [0.717, 1.165) is 6.07 Å². The van der Waals surface area contributed by atoms with E-state index in [1.165, 1.54) is 12.1 Å². The number of aryl methyl sites for hydroxylation is 1. The molecule has 2 aromatic rings. The SMILES string of the molecule is CCc1noc(CNc2ccc(Br)c(C(F)(F)F)c2)n1. The third kappa shape index (κ3) is 3.50. The third-order valence-corrected chi connectivity index (χ3v) is 3.23. The normalized spacial score (nSPS) is 11.7. The number of hydrogen-bond donors (Lipinski definition) is 1. The molecule has 20 heavy (non-hydrogen) atoms. The van der Waals surface area contributed by atoms with Gasteiger partial charge >= 0.3 is 6.18 Å². The van der Waals surface area contributed by atoms with Crippen LogP contribution in [0.15, 0.2) is 27.2 Å². The highest BCUT2D eigenvalue weighted by molar-refractivity contribution is 9.10. The highest BCUT2D eigenvalue weighted by Gasteiger charge is 2.33. The van der Waals surface area contributed by atoms with Gasteiger partial charge in [-0.3, -0.25) is 0 Å². The van der Waals surface area contributed by atoms with Crippen molar-refractivity contribution in [2.75, 3.05) is 5.32 Å². The second-order valence-corrected chi connectivity index (χ2v) is 4.86. The summed E-state index contributed by atoms with van der Waals surface area (Å²) in [6.07, 6.45) is -3.77. The zero-order valence-corrected chi connectivity index (χ0v) is 12.0. The summed E-state index contributed by atoms with van der Waals surface area (Å²) in [7, 11) is 0. The van der Waals surface area contributed by atoms with E-state index in [1.54, 1.807) is 0 Å². The molecule has 1 aromatic heterocycles. The van der Waals surface area contributed by atoms with E-state index in [9.17, 15) is 13.2 Å². The van der Waals surface area contributed by atoms with Gasteiger partial charge < -0.3 is 9.84 Å². The van der Waals surface area contributed by atoms with Gasteiger partial charge in [-0.2, -0.15) is 18.2 Å². The molecule has 0 atom stereocenters. The van der Waals surface area contributed by atoms with E-state index in [2.05, 4.69) is 31.4 Å². The molecule has 0 spiro atoms. The predicted octanol–water partition coefficient (Wildman–Crippen LogP) is 4.03. The zero-order valence-electron chi connectivity index (χ0n) is 10.5. The van der Waals surface area contributed by atoms with Crippen molar-refractivity contribution in [1.82, 2.24) is 10.1 Å². The molecule has 0 fully saturated rings. The smallest absolute Gasteiger partial charge is 0.376 e. The molecule has 0 unspecified atom stereocenters. The molecule has 0 aliphatic heterocycles. The fourth-order valence-corrected chi connectivity index (χ4v) is 2.01. The van der Waals surface area contributed by atoms with Crippen LogP contribution in [0.1, 0.15) is 24.2 Å². The molecular weight excluding hydrogens is 339 g/mol. The molecule has 8 heteroatoms. The van der Waals surface area contributed by atoms with Crippen molar-refractivity contribution in [3.63, 3.8) is 0 Å². The fraction of sp³-hybridized carbons (Fsp3) is 0.333. The van der Waals surface area contributed by atoms with E-state index in [1.807, 2.05) is 6.92 Å². The van der Waals surface area contributed by atoms with Gasteiger partial charge in [-0.05, 0) is 18.2 Å². The molecule has 0 aliphatic rings. The Morgan fingerprint density at radius 2 is 2.10 bits per heavy atom. The summed E-state index contributed by atoms with van der Waals surface area (Å²) in [6, 6.07) is 3.91. The first-order chi connectivity index (χ1) is 9.40. The summed E-state index contributed by atoms with van der Waals surface area (Å²) < 4.78 is 43.2. The van der Waals surface area contributed by atoms with Gasteiger partial charge in [0.25, 0.3) is 0 Å². The maximum atomic E-state index is 12.7. The van der Waals surface area contributed by atoms with Crippen molar-refractivity contribution in [3.8, 4) is 0 Å². The molecule has 1 heterocycles. The molecule has 0 bridgehead atoms. The highest BCUT2D eigenvalue weighted by atomic mass is 79.9. The van der Waals surface area contributed by atoms with Gasteiger partial charge in [0, 0.05) is 16.6 Å². The van der Waals surface area contributed by atoms with Gasteiger partial charge in [0.05, 0.1) is 12.1 Å². The Labute approximate surface area is 121 Å². The van der Waals surface area contributed by atoms with Crippen LogP contribution in [-0.2, 0) is 19.1 Å².